The van der Waals surface area contributed by atoms with Gasteiger partial charge in [-0.05, 0) is 31.5 Å². The number of nitrogens with zero attached hydrogens (tertiary/aromatic N) is 2. The average Bonchev–Trinajstić information content (AvgIpc) is 3.11. The van der Waals surface area contributed by atoms with E-state index in [0.717, 1.165) is 57.8 Å². The molecule has 0 spiro atoms. The van der Waals surface area contributed by atoms with Crippen molar-refractivity contribution < 1.29 is 14.3 Å². The average molecular weight is 397 g/mol. The van der Waals surface area contributed by atoms with Crippen molar-refractivity contribution in [2.24, 2.45) is 0 Å². The van der Waals surface area contributed by atoms with Gasteiger partial charge in [-0.1, -0.05) is 6.07 Å². The molecule has 0 unspecified atom stereocenters. The van der Waals surface area contributed by atoms with Gasteiger partial charge in [-0.15, -0.1) is 12.4 Å². The smallest absolute Gasteiger partial charge is 0.257 e. The second-order valence-corrected chi connectivity index (χ2v) is 6.73. The highest BCUT2D eigenvalue weighted by atomic mass is 35.5. The monoisotopic (exact) mass is 396 g/mol. The van der Waals surface area contributed by atoms with Gasteiger partial charge < -0.3 is 25.2 Å². The summed E-state index contributed by atoms with van der Waals surface area (Å²) in [4.78, 5) is 27.9. The third-order valence-electron chi connectivity index (χ3n) is 4.76. The fourth-order valence-electron chi connectivity index (χ4n) is 3.33. The Bertz CT molecular complexity index is 623. The van der Waals surface area contributed by atoms with Crippen LogP contribution in [0.4, 0.5) is 5.69 Å². The molecule has 0 saturated carbocycles. The molecule has 7 nitrogen and oxygen atoms in total. The minimum Gasteiger partial charge on any atom is -0.484 e. The molecular formula is C19H29ClN4O3. The van der Waals surface area contributed by atoms with E-state index in [2.05, 4.69) is 15.5 Å². The molecule has 1 aromatic carbocycles. The number of nitrogens with one attached hydrogen (secondary N) is 2. The van der Waals surface area contributed by atoms with Crippen molar-refractivity contribution in [3.63, 3.8) is 0 Å². The normalized spacial score (nSPS) is 17.5. The number of ether oxygens (including phenoxy) is 1. The lowest BCUT2D eigenvalue weighted by Crippen LogP contribution is -2.44. The predicted octanol–water partition coefficient (Wildman–Crippen LogP) is 1.03. The van der Waals surface area contributed by atoms with Crippen LogP contribution in [0.5, 0.6) is 5.75 Å². The van der Waals surface area contributed by atoms with E-state index in [9.17, 15) is 9.59 Å². The Morgan fingerprint density at radius 1 is 1.22 bits per heavy atom. The molecule has 2 aliphatic rings. The number of hydrogen-bond acceptors (Lipinski definition) is 5. The van der Waals surface area contributed by atoms with Crippen LogP contribution in [0.15, 0.2) is 24.3 Å². The summed E-state index contributed by atoms with van der Waals surface area (Å²) in [6.45, 7) is 6.65. The first-order chi connectivity index (χ1) is 12.7. The quantitative estimate of drug-likeness (QED) is 0.642. The highest BCUT2D eigenvalue weighted by molar-refractivity contribution is 5.95. The first kappa shape index (κ1) is 21.5. The lowest BCUT2D eigenvalue weighted by atomic mass is 10.3. The van der Waals surface area contributed by atoms with Crippen LogP contribution in [0.2, 0.25) is 0 Å². The fourth-order valence-corrected chi connectivity index (χ4v) is 3.33. The summed E-state index contributed by atoms with van der Waals surface area (Å²) in [5.74, 6) is 0.635. The van der Waals surface area contributed by atoms with Gasteiger partial charge in [0.2, 0.25) is 5.91 Å². The highest BCUT2D eigenvalue weighted by Crippen LogP contribution is 2.25. The Morgan fingerprint density at radius 3 is 2.78 bits per heavy atom. The molecule has 0 radical (unpaired) electrons. The van der Waals surface area contributed by atoms with Crippen molar-refractivity contribution in [2.75, 3.05) is 57.3 Å². The molecule has 2 fully saturated rings. The number of carbonyl (C=O) groups is 2. The van der Waals surface area contributed by atoms with Crippen molar-refractivity contribution in [1.29, 1.82) is 0 Å². The van der Waals surface area contributed by atoms with Gasteiger partial charge in [0.15, 0.2) is 6.61 Å². The molecular weight excluding hydrogens is 368 g/mol. The molecule has 2 N–H and O–H groups in total. The van der Waals surface area contributed by atoms with Gasteiger partial charge in [-0.25, -0.2) is 0 Å². The molecule has 2 aliphatic heterocycles. The van der Waals surface area contributed by atoms with Gasteiger partial charge in [-0.2, -0.15) is 0 Å². The van der Waals surface area contributed by atoms with Gasteiger partial charge in [0.1, 0.15) is 5.75 Å². The second-order valence-electron chi connectivity index (χ2n) is 6.73. The largest absolute Gasteiger partial charge is 0.484 e. The van der Waals surface area contributed by atoms with E-state index in [0.29, 0.717) is 18.7 Å². The van der Waals surface area contributed by atoms with E-state index in [1.165, 1.54) is 0 Å². The summed E-state index contributed by atoms with van der Waals surface area (Å²) in [5, 5.41) is 6.23. The van der Waals surface area contributed by atoms with Crippen molar-refractivity contribution >= 4 is 29.9 Å². The minimum atomic E-state index is -0.118. The zero-order valence-corrected chi connectivity index (χ0v) is 16.4. The van der Waals surface area contributed by atoms with Gasteiger partial charge in [-0.3, -0.25) is 9.59 Å². The van der Waals surface area contributed by atoms with Crippen molar-refractivity contribution in [1.82, 2.24) is 15.5 Å². The van der Waals surface area contributed by atoms with Crippen LogP contribution in [0.3, 0.4) is 0 Å². The van der Waals surface area contributed by atoms with Crippen molar-refractivity contribution in [3.8, 4) is 5.75 Å². The number of rotatable bonds is 8. The summed E-state index contributed by atoms with van der Waals surface area (Å²) in [6.07, 6.45) is 2.43. The third-order valence-corrected chi connectivity index (χ3v) is 4.76. The predicted molar refractivity (Wildman–Crippen MR) is 108 cm³/mol. The maximum atomic E-state index is 11.9. The summed E-state index contributed by atoms with van der Waals surface area (Å²) in [7, 11) is 0. The van der Waals surface area contributed by atoms with E-state index >= 15 is 0 Å². The lowest BCUT2D eigenvalue weighted by molar-refractivity contribution is -0.123. The third kappa shape index (κ3) is 6.68. The number of carbonyl (C=O) groups excluding carboxylic acids is 2. The lowest BCUT2D eigenvalue weighted by Gasteiger charge is -2.27. The van der Waals surface area contributed by atoms with Gasteiger partial charge in [0, 0.05) is 57.4 Å². The van der Waals surface area contributed by atoms with E-state index in [1.54, 1.807) is 4.90 Å². The van der Waals surface area contributed by atoms with E-state index in [1.807, 2.05) is 24.3 Å². The molecule has 8 heteroatoms. The fraction of sp³-hybridized carbons (Fsp3) is 0.579. The van der Waals surface area contributed by atoms with Crippen LogP contribution in [0.25, 0.3) is 0 Å². The first-order valence-corrected chi connectivity index (χ1v) is 9.45. The zero-order valence-electron chi connectivity index (χ0n) is 15.6. The van der Waals surface area contributed by atoms with E-state index < -0.39 is 0 Å². The van der Waals surface area contributed by atoms with Crippen LogP contribution in [0.1, 0.15) is 19.3 Å². The standard InChI is InChI=1S/C19H28N4O3.ClH/c24-18(21-7-3-10-22-12-8-20-9-13-22)15-26-17-5-1-4-16(14-17)23-11-2-6-19(23)25;/h1,4-5,14,20H,2-3,6-13,15H2,(H,21,24);1H. The SMILES string of the molecule is Cl.O=C(COc1cccc(N2CCCC2=O)c1)NCCCN1CCNCC1. The number of anilines is 1. The first-order valence-electron chi connectivity index (χ1n) is 9.45. The van der Waals surface area contributed by atoms with Crippen LogP contribution < -0.4 is 20.3 Å². The zero-order chi connectivity index (χ0) is 18.2. The Labute approximate surface area is 166 Å². The van der Waals surface area contributed by atoms with Gasteiger partial charge >= 0.3 is 0 Å². The number of benzene rings is 1. The summed E-state index contributed by atoms with van der Waals surface area (Å²) in [5.41, 5.74) is 0.835. The summed E-state index contributed by atoms with van der Waals surface area (Å²) < 4.78 is 5.58. The van der Waals surface area contributed by atoms with Crippen LogP contribution in [-0.2, 0) is 9.59 Å². The molecule has 0 aromatic heterocycles. The Hall–Kier alpha value is -1.83. The van der Waals surface area contributed by atoms with E-state index in [-0.39, 0.29) is 30.8 Å². The molecule has 2 heterocycles. The summed E-state index contributed by atoms with van der Waals surface area (Å²) >= 11 is 0. The van der Waals surface area contributed by atoms with Gasteiger partial charge in [0.05, 0.1) is 0 Å². The Kier molecular flexibility index (Phi) is 8.84. The molecule has 0 atom stereocenters. The minimum absolute atomic E-state index is 0. The Morgan fingerprint density at radius 2 is 2.04 bits per heavy atom. The molecule has 27 heavy (non-hydrogen) atoms. The van der Waals surface area contributed by atoms with Crippen LogP contribution in [0, 0.1) is 0 Å². The van der Waals surface area contributed by atoms with Crippen LogP contribution >= 0.6 is 12.4 Å². The molecule has 2 amide bonds. The Balaban J connectivity index is 0.00000261. The van der Waals surface area contributed by atoms with Crippen LogP contribution in [-0.4, -0.2) is 69.1 Å². The highest BCUT2D eigenvalue weighted by Gasteiger charge is 2.21. The summed E-state index contributed by atoms with van der Waals surface area (Å²) in [6, 6.07) is 7.37. The maximum absolute atomic E-state index is 11.9. The molecule has 0 aliphatic carbocycles. The molecule has 3 rings (SSSR count). The molecule has 0 bridgehead atoms. The van der Waals surface area contributed by atoms with E-state index in [4.69, 9.17) is 4.74 Å². The topological polar surface area (TPSA) is 73.9 Å². The maximum Gasteiger partial charge on any atom is 0.257 e. The van der Waals surface area contributed by atoms with Crippen molar-refractivity contribution in [2.45, 2.75) is 19.3 Å². The molecule has 2 saturated heterocycles. The molecule has 1 aromatic rings. The number of amides is 2. The molecule has 150 valence electrons. The second kappa shape index (κ2) is 11.1. The van der Waals surface area contributed by atoms with Gasteiger partial charge in [0.25, 0.3) is 5.91 Å². The number of piperazine rings is 1. The number of halogens is 1. The number of hydrogen-bond donors (Lipinski definition) is 2. The van der Waals surface area contributed by atoms with Crippen molar-refractivity contribution in [3.05, 3.63) is 24.3 Å².